The number of carbonyl (C=O) groups excluding carboxylic acids is 1. The third-order valence-electron chi connectivity index (χ3n) is 3.52. The van der Waals surface area contributed by atoms with Crippen LogP contribution in [0.3, 0.4) is 0 Å². The summed E-state index contributed by atoms with van der Waals surface area (Å²) in [5.74, 6) is 2.14. The second-order valence-electron chi connectivity index (χ2n) is 5.03. The van der Waals surface area contributed by atoms with Crippen molar-refractivity contribution >= 4 is 17.7 Å². The minimum Gasteiger partial charge on any atom is -0.340 e. The van der Waals surface area contributed by atoms with E-state index in [0.717, 1.165) is 18.7 Å². The zero-order chi connectivity index (χ0) is 13.7. The van der Waals surface area contributed by atoms with Gasteiger partial charge in [0.25, 0.3) is 0 Å². The second-order valence-corrected chi connectivity index (χ2v) is 6.14. The van der Waals surface area contributed by atoms with Crippen LogP contribution in [0.25, 0.3) is 0 Å². The highest BCUT2D eigenvalue weighted by molar-refractivity contribution is 7.99. The number of nitrogens with two attached hydrogens (primary N) is 1. The Morgan fingerprint density at radius 1 is 1.37 bits per heavy atom. The average molecular weight is 278 g/mol. The van der Waals surface area contributed by atoms with Crippen molar-refractivity contribution in [3.63, 3.8) is 0 Å². The highest BCUT2D eigenvalue weighted by Gasteiger charge is 2.33. The van der Waals surface area contributed by atoms with Gasteiger partial charge in [0.1, 0.15) is 0 Å². The molecule has 1 aliphatic rings. The van der Waals surface area contributed by atoms with Crippen molar-refractivity contribution in [2.75, 3.05) is 24.6 Å². The van der Waals surface area contributed by atoms with E-state index in [1.54, 1.807) is 11.8 Å². The van der Waals surface area contributed by atoms with Crippen molar-refractivity contribution in [3.05, 3.63) is 35.9 Å². The van der Waals surface area contributed by atoms with Gasteiger partial charge in [-0.25, -0.2) is 0 Å². The molecule has 4 heteroatoms. The van der Waals surface area contributed by atoms with Gasteiger partial charge < -0.3 is 10.6 Å². The molecular weight excluding hydrogens is 256 g/mol. The van der Waals surface area contributed by atoms with Crippen molar-refractivity contribution in [2.45, 2.75) is 25.3 Å². The van der Waals surface area contributed by atoms with Gasteiger partial charge in [0.15, 0.2) is 0 Å². The summed E-state index contributed by atoms with van der Waals surface area (Å²) in [6.07, 6.45) is 1.12. The molecule has 1 saturated heterocycles. The molecule has 104 valence electrons. The van der Waals surface area contributed by atoms with Gasteiger partial charge in [0.05, 0.1) is 5.75 Å². The Kier molecular flexibility index (Phi) is 5.28. The maximum Gasteiger partial charge on any atom is 0.232 e. The molecule has 0 radical (unpaired) electrons. The van der Waals surface area contributed by atoms with Crippen LogP contribution in [0.2, 0.25) is 0 Å². The molecule has 2 rings (SSSR count). The molecule has 0 saturated carbocycles. The lowest BCUT2D eigenvalue weighted by atomic mass is 9.95. The molecule has 1 aliphatic heterocycles. The summed E-state index contributed by atoms with van der Waals surface area (Å²) >= 11 is 1.71. The summed E-state index contributed by atoms with van der Waals surface area (Å²) in [5, 5.41) is 0. The third-order valence-corrected chi connectivity index (χ3v) is 4.67. The first-order valence-corrected chi connectivity index (χ1v) is 8.04. The summed E-state index contributed by atoms with van der Waals surface area (Å²) in [6.45, 7) is 3.58. The zero-order valence-corrected chi connectivity index (χ0v) is 12.2. The number of carbonyl (C=O) groups is 1. The highest BCUT2D eigenvalue weighted by atomic mass is 32.2. The summed E-state index contributed by atoms with van der Waals surface area (Å²) < 4.78 is 0. The SMILES string of the molecule is CCCSCC(=O)N1C[C@@H](N)[C@H](c2ccccc2)C1. The smallest absolute Gasteiger partial charge is 0.232 e. The minimum atomic E-state index is 0.0579. The Morgan fingerprint density at radius 2 is 2.11 bits per heavy atom. The molecular formula is C15H22N2OS. The molecule has 1 aromatic carbocycles. The Hall–Kier alpha value is -1.00. The highest BCUT2D eigenvalue weighted by Crippen LogP contribution is 2.26. The summed E-state index contributed by atoms with van der Waals surface area (Å²) in [7, 11) is 0. The zero-order valence-electron chi connectivity index (χ0n) is 11.4. The van der Waals surface area contributed by atoms with Crippen LogP contribution in [-0.4, -0.2) is 41.4 Å². The Morgan fingerprint density at radius 3 is 2.79 bits per heavy atom. The van der Waals surface area contributed by atoms with E-state index in [2.05, 4.69) is 19.1 Å². The number of hydrogen-bond acceptors (Lipinski definition) is 3. The molecule has 0 unspecified atom stereocenters. The van der Waals surface area contributed by atoms with Gasteiger partial charge in [-0.3, -0.25) is 4.79 Å². The van der Waals surface area contributed by atoms with Crippen molar-refractivity contribution in [1.82, 2.24) is 4.90 Å². The van der Waals surface area contributed by atoms with Crippen LogP contribution in [0.5, 0.6) is 0 Å². The monoisotopic (exact) mass is 278 g/mol. The van der Waals surface area contributed by atoms with Crippen LogP contribution in [-0.2, 0) is 4.79 Å². The van der Waals surface area contributed by atoms with E-state index >= 15 is 0 Å². The van der Waals surface area contributed by atoms with Crippen molar-refractivity contribution in [1.29, 1.82) is 0 Å². The maximum absolute atomic E-state index is 12.1. The second kappa shape index (κ2) is 6.96. The van der Waals surface area contributed by atoms with E-state index in [1.165, 1.54) is 5.56 Å². The van der Waals surface area contributed by atoms with Crippen LogP contribution in [0.15, 0.2) is 30.3 Å². The van der Waals surface area contributed by atoms with E-state index in [4.69, 9.17) is 5.73 Å². The van der Waals surface area contributed by atoms with E-state index in [-0.39, 0.29) is 17.9 Å². The predicted octanol–water partition coefficient (Wildman–Crippen LogP) is 2.08. The maximum atomic E-state index is 12.1. The topological polar surface area (TPSA) is 46.3 Å². The first-order chi connectivity index (χ1) is 9.22. The van der Waals surface area contributed by atoms with Crippen LogP contribution < -0.4 is 5.73 Å². The molecule has 3 nitrogen and oxygen atoms in total. The van der Waals surface area contributed by atoms with Gasteiger partial charge in [-0.2, -0.15) is 11.8 Å². The molecule has 19 heavy (non-hydrogen) atoms. The average Bonchev–Trinajstić information content (AvgIpc) is 2.82. The van der Waals surface area contributed by atoms with Gasteiger partial charge in [-0.1, -0.05) is 37.3 Å². The molecule has 1 heterocycles. The number of thioether (sulfide) groups is 1. The number of hydrogen-bond donors (Lipinski definition) is 1. The quantitative estimate of drug-likeness (QED) is 0.839. The van der Waals surface area contributed by atoms with Gasteiger partial charge in [-0.15, -0.1) is 0 Å². The predicted molar refractivity (Wildman–Crippen MR) is 81.4 cm³/mol. The molecule has 0 aliphatic carbocycles. The summed E-state index contributed by atoms with van der Waals surface area (Å²) in [6, 6.07) is 10.3. The molecule has 2 atom stereocenters. The Bertz CT molecular complexity index is 410. The van der Waals surface area contributed by atoms with Gasteiger partial charge in [0.2, 0.25) is 5.91 Å². The molecule has 1 amide bonds. The number of likely N-dealkylation sites (tertiary alicyclic amines) is 1. The van der Waals surface area contributed by atoms with Crippen LogP contribution in [0.1, 0.15) is 24.8 Å². The number of amides is 1. The van der Waals surface area contributed by atoms with Crippen molar-refractivity contribution in [2.24, 2.45) is 5.73 Å². The summed E-state index contributed by atoms with van der Waals surface area (Å²) in [4.78, 5) is 14.0. The standard InChI is InChI=1S/C15H22N2OS/c1-2-8-19-11-15(18)17-9-13(14(16)10-17)12-6-4-3-5-7-12/h3-7,13-14H,2,8-11,16H2,1H3/t13-,14+/m0/s1. The first kappa shape index (κ1) is 14.4. The molecule has 0 spiro atoms. The van der Waals surface area contributed by atoms with Crippen molar-refractivity contribution < 1.29 is 4.79 Å². The lowest BCUT2D eigenvalue weighted by Gasteiger charge is -2.16. The van der Waals surface area contributed by atoms with Crippen LogP contribution in [0, 0.1) is 0 Å². The molecule has 0 bridgehead atoms. The molecule has 2 N–H and O–H groups in total. The fourth-order valence-electron chi connectivity index (χ4n) is 2.48. The molecule has 1 aromatic rings. The largest absolute Gasteiger partial charge is 0.340 e. The minimum absolute atomic E-state index is 0.0579. The fourth-order valence-corrected chi connectivity index (χ4v) is 3.27. The molecule has 1 fully saturated rings. The third kappa shape index (κ3) is 3.74. The van der Waals surface area contributed by atoms with E-state index in [9.17, 15) is 4.79 Å². The number of rotatable bonds is 5. The van der Waals surface area contributed by atoms with E-state index in [0.29, 0.717) is 12.3 Å². The lowest BCUT2D eigenvalue weighted by molar-refractivity contribution is -0.127. The Balaban J connectivity index is 1.92. The van der Waals surface area contributed by atoms with Crippen molar-refractivity contribution in [3.8, 4) is 0 Å². The normalized spacial score (nSPS) is 22.7. The van der Waals surface area contributed by atoms with Gasteiger partial charge in [-0.05, 0) is 17.7 Å². The fraction of sp³-hybridized carbons (Fsp3) is 0.533. The number of nitrogens with zero attached hydrogens (tertiary/aromatic N) is 1. The van der Waals surface area contributed by atoms with Gasteiger partial charge in [0, 0.05) is 25.0 Å². The summed E-state index contributed by atoms with van der Waals surface area (Å²) in [5.41, 5.74) is 7.44. The molecule has 0 aromatic heterocycles. The van der Waals surface area contributed by atoms with Crippen LogP contribution >= 0.6 is 11.8 Å². The Labute approximate surface area is 119 Å². The van der Waals surface area contributed by atoms with Gasteiger partial charge >= 0.3 is 0 Å². The van der Waals surface area contributed by atoms with E-state index < -0.39 is 0 Å². The number of benzene rings is 1. The first-order valence-electron chi connectivity index (χ1n) is 6.88. The lowest BCUT2D eigenvalue weighted by Crippen LogP contribution is -2.33. The van der Waals surface area contributed by atoms with Crippen LogP contribution in [0.4, 0.5) is 0 Å². The van der Waals surface area contributed by atoms with E-state index in [1.807, 2.05) is 23.1 Å².